The monoisotopic (exact) mass is 305 g/mol. The predicted octanol–water partition coefficient (Wildman–Crippen LogP) is 2.40. The SMILES string of the molecule is C=C(C)C(=O)NCCCC(C)C(C)CCCS(=O)(=O)O. The quantitative estimate of drug-likeness (QED) is 0.369. The number of nitrogens with one attached hydrogen (secondary N) is 1. The Kier molecular flexibility index (Phi) is 8.73. The van der Waals surface area contributed by atoms with Gasteiger partial charge in [0.2, 0.25) is 5.91 Å². The van der Waals surface area contributed by atoms with Crippen LogP contribution in [0.15, 0.2) is 12.2 Å². The van der Waals surface area contributed by atoms with E-state index in [2.05, 4.69) is 25.7 Å². The minimum Gasteiger partial charge on any atom is -0.352 e. The topological polar surface area (TPSA) is 83.5 Å². The van der Waals surface area contributed by atoms with Crippen molar-refractivity contribution in [1.82, 2.24) is 5.32 Å². The summed E-state index contributed by atoms with van der Waals surface area (Å²) in [6, 6.07) is 0. The highest BCUT2D eigenvalue weighted by atomic mass is 32.2. The summed E-state index contributed by atoms with van der Waals surface area (Å²) in [5.74, 6) is 0.573. The molecule has 0 fully saturated rings. The normalized spacial score (nSPS) is 14.6. The van der Waals surface area contributed by atoms with Crippen molar-refractivity contribution in [3.05, 3.63) is 12.2 Å². The number of carbonyl (C=O) groups excluding carboxylic acids is 1. The molecule has 0 heterocycles. The summed E-state index contributed by atoms with van der Waals surface area (Å²) in [5.41, 5.74) is 0.511. The molecule has 0 rings (SSSR count). The van der Waals surface area contributed by atoms with Crippen LogP contribution >= 0.6 is 0 Å². The van der Waals surface area contributed by atoms with E-state index in [1.165, 1.54) is 0 Å². The van der Waals surface area contributed by atoms with Crippen LogP contribution in [0.3, 0.4) is 0 Å². The lowest BCUT2D eigenvalue weighted by atomic mass is 9.88. The minimum atomic E-state index is -3.84. The first-order chi connectivity index (χ1) is 9.13. The van der Waals surface area contributed by atoms with Gasteiger partial charge in [-0.3, -0.25) is 9.35 Å². The highest BCUT2D eigenvalue weighted by Gasteiger charge is 2.13. The zero-order valence-electron chi connectivity index (χ0n) is 12.7. The summed E-state index contributed by atoms with van der Waals surface area (Å²) in [7, 11) is -3.84. The molecule has 0 aromatic heterocycles. The van der Waals surface area contributed by atoms with Crippen LogP contribution in [0.2, 0.25) is 0 Å². The van der Waals surface area contributed by atoms with Gasteiger partial charge in [-0.25, -0.2) is 0 Å². The maximum Gasteiger partial charge on any atom is 0.264 e. The summed E-state index contributed by atoms with van der Waals surface area (Å²) in [5, 5.41) is 2.79. The van der Waals surface area contributed by atoms with Gasteiger partial charge in [0.15, 0.2) is 0 Å². The number of carbonyl (C=O) groups is 1. The highest BCUT2D eigenvalue weighted by Crippen LogP contribution is 2.21. The van der Waals surface area contributed by atoms with Gasteiger partial charge in [-0.05, 0) is 44.4 Å². The van der Waals surface area contributed by atoms with Gasteiger partial charge in [0.05, 0.1) is 5.75 Å². The maximum absolute atomic E-state index is 11.3. The standard InChI is InChI=1S/C14H27NO4S/c1-11(2)14(16)15-9-5-7-12(3)13(4)8-6-10-20(17,18)19/h12-13H,1,5-10H2,2-4H3,(H,15,16)(H,17,18,19). The number of hydrogen-bond acceptors (Lipinski definition) is 3. The molecule has 5 nitrogen and oxygen atoms in total. The van der Waals surface area contributed by atoms with E-state index in [0.717, 1.165) is 19.3 Å². The molecule has 6 heteroatoms. The lowest BCUT2D eigenvalue weighted by Crippen LogP contribution is -2.25. The molecule has 0 radical (unpaired) electrons. The first-order valence-electron chi connectivity index (χ1n) is 7.02. The summed E-state index contributed by atoms with van der Waals surface area (Å²) in [6.07, 6.45) is 3.13. The second-order valence-corrected chi connectivity index (χ2v) is 7.13. The molecule has 20 heavy (non-hydrogen) atoms. The summed E-state index contributed by atoms with van der Waals surface area (Å²) in [4.78, 5) is 11.3. The summed E-state index contributed by atoms with van der Waals surface area (Å²) in [6.45, 7) is 10.1. The molecule has 0 spiro atoms. The van der Waals surface area contributed by atoms with Crippen LogP contribution in [0.4, 0.5) is 0 Å². The van der Waals surface area contributed by atoms with Crippen LogP contribution in [0.5, 0.6) is 0 Å². The number of rotatable bonds is 10. The van der Waals surface area contributed by atoms with Gasteiger partial charge in [0.25, 0.3) is 10.1 Å². The Bertz CT molecular complexity index is 417. The van der Waals surface area contributed by atoms with Crippen molar-refractivity contribution in [1.29, 1.82) is 0 Å². The fourth-order valence-electron chi connectivity index (χ4n) is 1.93. The molecular formula is C14H27NO4S. The third kappa shape index (κ3) is 9.97. The molecule has 0 saturated carbocycles. The third-order valence-electron chi connectivity index (χ3n) is 3.54. The Morgan fingerprint density at radius 3 is 2.15 bits per heavy atom. The van der Waals surface area contributed by atoms with E-state index < -0.39 is 10.1 Å². The van der Waals surface area contributed by atoms with E-state index in [0.29, 0.717) is 30.4 Å². The Morgan fingerprint density at radius 1 is 1.20 bits per heavy atom. The largest absolute Gasteiger partial charge is 0.352 e. The summed E-state index contributed by atoms with van der Waals surface area (Å²) >= 11 is 0. The molecule has 2 atom stereocenters. The zero-order valence-corrected chi connectivity index (χ0v) is 13.5. The minimum absolute atomic E-state index is 0.112. The van der Waals surface area contributed by atoms with Crippen molar-refractivity contribution in [3.8, 4) is 0 Å². The second kappa shape index (κ2) is 9.13. The first kappa shape index (κ1) is 19.1. The van der Waals surface area contributed by atoms with Crippen molar-refractivity contribution in [2.75, 3.05) is 12.3 Å². The van der Waals surface area contributed by atoms with Gasteiger partial charge >= 0.3 is 0 Å². The number of amides is 1. The fourth-order valence-corrected chi connectivity index (χ4v) is 2.47. The molecule has 0 aliphatic heterocycles. The molecular weight excluding hydrogens is 278 g/mol. The van der Waals surface area contributed by atoms with E-state index >= 15 is 0 Å². The molecule has 0 aliphatic rings. The third-order valence-corrected chi connectivity index (χ3v) is 4.35. The Morgan fingerprint density at radius 2 is 1.70 bits per heavy atom. The Balaban J connectivity index is 3.77. The van der Waals surface area contributed by atoms with Gasteiger partial charge in [0.1, 0.15) is 0 Å². The van der Waals surface area contributed by atoms with Crippen molar-refractivity contribution in [3.63, 3.8) is 0 Å². The van der Waals surface area contributed by atoms with E-state index in [1.807, 2.05) is 0 Å². The van der Waals surface area contributed by atoms with E-state index in [9.17, 15) is 13.2 Å². The predicted molar refractivity (Wildman–Crippen MR) is 81.0 cm³/mol. The van der Waals surface area contributed by atoms with Gasteiger partial charge in [-0.1, -0.05) is 20.4 Å². The molecule has 118 valence electrons. The van der Waals surface area contributed by atoms with E-state index in [-0.39, 0.29) is 11.7 Å². The van der Waals surface area contributed by atoms with E-state index in [4.69, 9.17) is 4.55 Å². The van der Waals surface area contributed by atoms with Crippen molar-refractivity contribution in [2.24, 2.45) is 11.8 Å². The van der Waals surface area contributed by atoms with Gasteiger partial charge in [0, 0.05) is 12.1 Å². The molecule has 2 N–H and O–H groups in total. The fraction of sp³-hybridized carbons (Fsp3) is 0.786. The average molecular weight is 305 g/mol. The highest BCUT2D eigenvalue weighted by molar-refractivity contribution is 7.85. The Labute approximate surface area is 122 Å². The molecule has 1 amide bonds. The molecule has 0 aromatic carbocycles. The Hall–Kier alpha value is -0.880. The molecule has 0 saturated heterocycles. The molecule has 0 aromatic rings. The second-order valence-electron chi connectivity index (χ2n) is 5.56. The van der Waals surface area contributed by atoms with Crippen LogP contribution in [-0.4, -0.2) is 31.2 Å². The average Bonchev–Trinajstić information content (AvgIpc) is 2.31. The van der Waals surface area contributed by atoms with E-state index in [1.54, 1.807) is 6.92 Å². The van der Waals surface area contributed by atoms with Crippen molar-refractivity contribution < 1.29 is 17.8 Å². The van der Waals surface area contributed by atoms with Crippen LogP contribution in [0.25, 0.3) is 0 Å². The maximum atomic E-state index is 11.3. The van der Waals surface area contributed by atoms with Crippen LogP contribution in [0, 0.1) is 11.8 Å². The van der Waals surface area contributed by atoms with Crippen LogP contribution in [0.1, 0.15) is 46.5 Å². The van der Waals surface area contributed by atoms with Crippen LogP contribution in [-0.2, 0) is 14.9 Å². The first-order valence-corrected chi connectivity index (χ1v) is 8.63. The van der Waals surface area contributed by atoms with Gasteiger partial charge in [-0.2, -0.15) is 8.42 Å². The van der Waals surface area contributed by atoms with Crippen molar-refractivity contribution in [2.45, 2.75) is 46.5 Å². The molecule has 2 unspecified atom stereocenters. The van der Waals surface area contributed by atoms with Crippen LogP contribution < -0.4 is 5.32 Å². The van der Waals surface area contributed by atoms with Gasteiger partial charge < -0.3 is 5.32 Å². The lowest BCUT2D eigenvalue weighted by Gasteiger charge is -2.19. The molecule has 0 bridgehead atoms. The smallest absolute Gasteiger partial charge is 0.264 e. The lowest BCUT2D eigenvalue weighted by molar-refractivity contribution is -0.117. The molecule has 0 aliphatic carbocycles. The number of hydrogen-bond donors (Lipinski definition) is 2. The van der Waals surface area contributed by atoms with Gasteiger partial charge in [-0.15, -0.1) is 0 Å². The zero-order chi connectivity index (χ0) is 15.8. The summed E-state index contributed by atoms with van der Waals surface area (Å²) < 4.78 is 29.9. The van der Waals surface area contributed by atoms with Crippen molar-refractivity contribution >= 4 is 16.0 Å².